The highest BCUT2D eigenvalue weighted by Gasteiger charge is 2.14. The molecule has 1 amide bonds. The first-order chi connectivity index (χ1) is 6.40. The maximum Gasteiger partial charge on any atom is 0.321 e. The van der Waals surface area contributed by atoms with Crippen LogP contribution in [0.3, 0.4) is 0 Å². The van der Waals surface area contributed by atoms with Gasteiger partial charge in [0.05, 0.1) is 18.4 Å². The molecule has 0 atom stereocenters. The predicted molar refractivity (Wildman–Crippen MR) is 52.9 cm³/mol. The first-order valence-corrected chi connectivity index (χ1v) is 6.29. The number of rotatable bonds is 5. The standard InChI is InChI=1S/C7H12ClNO4S/c1-3-6(5-13-4-2)7(10)9-14(8,11)12/h5H,3-4H2,1-2H3,(H,9,10)/b6-5-. The third kappa shape index (κ3) is 5.82. The summed E-state index contributed by atoms with van der Waals surface area (Å²) in [6.07, 6.45) is 1.58. The minimum absolute atomic E-state index is 0.219. The van der Waals surface area contributed by atoms with E-state index in [0.29, 0.717) is 13.0 Å². The highest BCUT2D eigenvalue weighted by molar-refractivity contribution is 8.12. The molecule has 0 unspecified atom stereocenters. The molecule has 0 rings (SSSR count). The number of carbonyl (C=O) groups excluding carboxylic acids is 1. The molecule has 0 aromatic rings. The van der Waals surface area contributed by atoms with Crippen molar-refractivity contribution in [2.24, 2.45) is 0 Å². The maximum atomic E-state index is 11.2. The molecule has 0 bridgehead atoms. The molecular weight excluding hydrogens is 230 g/mol. The van der Waals surface area contributed by atoms with Gasteiger partial charge in [-0.2, -0.15) is 8.42 Å². The zero-order chi connectivity index (χ0) is 11.2. The van der Waals surface area contributed by atoms with Crippen LogP contribution < -0.4 is 4.72 Å². The second kappa shape index (κ2) is 5.87. The van der Waals surface area contributed by atoms with Gasteiger partial charge in [-0.25, -0.2) is 4.72 Å². The van der Waals surface area contributed by atoms with Crippen molar-refractivity contribution in [1.29, 1.82) is 0 Å². The van der Waals surface area contributed by atoms with Crippen LogP contribution in [-0.4, -0.2) is 20.9 Å². The lowest BCUT2D eigenvalue weighted by Crippen LogP contribution is -2.27. The normalized spacial score (nSPS) is 12.4. The van der Waals surface area contributed by atoms with E-state index in [1.165, 1.54) is 6.26 Å². The first kappa shape index (κ1) is 13.2. The molecule has 7 heteroatoms. The minimum atomic E-state index is -4.03. The number of amides is 1. The fourth-order valence-electron chi connectivity index (χ4n) is 0.658. The Bertz CT molecular complexity index is 323. The van der Waals surface area contributed by atoms with Crippen molar-refractivity contribution in [2.45, 2.75) is 20.3 Å². The Hall–Kier alpha value is -0.750. The van der Waals surface area contributed by atoms with Gasteiger partial charge in [0.25, 0.3) is 5.91 Å². The van der Waals surface area contributed by atoms with Gasteiger partial charge >= 0.3 is 9.24 Å². The summed E-state index contributed by atoms with van der Waals surface area (Å²) in [6.45, 7) is 3.86. The molecule has 0 heterocycles. The van der Waals surface area contributed by atoms with Crippen LogP contribution in [0.1, 0.15) is 20.3 Å². The zero-order valence-corrected chi connectivity index (χ0v) is 9.48. The van der Waals surface area contributed by atoms with Gasteiger partial charge in [-0.1, -0.05) is 6.92 Å². The molecule has 14 heavy (non-hydrogen) atoms. The molecule has 0 fully saturated rings. The van der Waals surface area contributed by atoms with Crippen molar-refractivity contribution < 1.29 is 17.9 Å². The topological polar surface area (TPSA) is 72.5 Å². The molecule has 0 aliphatic rings. The molecule has 0 saturated carbocycles. The molecule has 82 valence electrons. The van der Waals surface area contributed by atoms with E-state index in [1.54, 1.807) is 18.6 Å². The third-order valence-corrected chi connectivity index (χ3v) is 1.94. The van der Waals surface area contributed by atoms with Gasteiger partial charge in [-0.15, -0.1) is 0 Å². The summed E-state index contributed by atoms with van der Waals surface area (Å²) in [5, 5.41) is 0. The van der Waals surface area contributed by atoms with Crippen molar-refractivity contribution in [3.63, 3.8) is 0 Å². The van der Waals surface area contributed by atoms with E-state index in [9.17, 15) is 13.2 Å². The first-order valence-electron chi connectivity index (χ1n) is 3.98. The monoisotopic (exact) mass is 241 g/mol. The third-order valence-electron chi connectivity index (χ3n) is 1.28. The lowest BCUT2D eigenvalue weighted by Gasteiger charge is -2.03. The van der Waals surface area contributed by atoms with Gasteiger partial charge in [-0.05, 0) is 13.3 Å². The molecule has 0 aromatic heterocycles. The maximum absolute atomic E-state index is 11.2. The molecule has 5 nitrogen and oxygen atoms in total. The molecule has 0 saturated heterocycles. The van der Waals surface area contributed by atoms with Crippen molar-refractivity contribution in [3.05, 3.63) is 11.8 Å². The van der Waals surface area contributed by atoms with Gasteiger partial charge in [0.1, 0.15) is 0 Å². The Labute approximate surface area is 87.6 Å². The molecule has 0 aliphatic heterocycles. The summed E-state index contributed by atoms with van der Waals surface area (Å²) in [7, 11) is 0.808. The van der Waals surface area contributed by atoms with Crippen LogP contribution >= 0.6 is 10.7 Å². The number of nitrogens with one attached hydrogen (secondary N) is 1. The van der Waals surface area contributed by atoms with E-state index in [0.717, 1.165) is 0 Å². The van der Waals surface area contributed by atoms with Crippen LogP contribution in [0.4, 0.5) is 0 Å². The number of hydrogen-bond acceptors (Lipinski definition) is 4. The van der Waals surface area contributed by atoms with Gasteiger partial charge in [-0.3, -0.25) is 4.79 Å². The van der Waals surface area contributed by atoms with Crippen LogP contribution in [0.15, 0.2) is 11.8 Å². The van der Waals surface area contributed by atoms with Gasteiger partial charge < -0.3 is 4.74 Å². The highest BCUT2D eigenvalue weighted by Crippen LogP contribution is 2.03. The van der Waals surface area contributed by atoms with Crippen LogP contribution in [0.25, 0.3) is 0 Å². The number of ether oxygens (including phenoxy) is 1. The van der Waals surface area contributed by atoms with Gasteiger partial charge in [0, 0.05) is 10.7 Å². The minimum Gasteiger partial charge on any atom is -0.501 e. The average Bonchev–Trinajstić information content (AvgIpc) is 2.02. The van der Waals surface area contributed by atoms with Crippen molar-refractivity contribution in [2.75, 3.05) is 6.61 Å². The fraction of sp³-hybridized carbons (Fsp3) is 0.571. The molecule has 0 aliphatic carbocycles. The van der Waals surface area contributed by atoms with Crippen LogP contribution in [-0.2, 0) is 18.8 Å². The van der Waals surface area contributed by atoms with Crippen molar-refractivity contribution in [3.8, 4) is 0 Å². The SMILES string of the molecule is CCO/C=C(/CC)C(=O)NS(=O)(=O)Cl. The smallest absolute Gasteiger partial charge is 0.321 e. The average molecular weight is 242 g/mol. The van der Waals surface area contributed by atoms with Gasteiger partial charge in [0.15, 0.2) is 0 Å². The van der Waals surface area contributed by atoms with Crippen molar-refractivity contribution in [1.82, 2.24) is 4.72 Å². The summed E-state index contributed by atoms with van der Waals surface area (Å²) >= 11 is 0. The van der Waals surface area contributed by atoms with Crippen LogP contribution in [0.2, 0.25) is 0 Å². The Kier molecular flexibility index (Phi) is 5.56. The number of carbonyl (C=O) groups is 1. The van der Waals surface area contributed by atoms with Crippen LogP contribution in [0, 0.1) is 0 Å². The Morgan fingerprint density at radius 1 is 1.50 bits per heavy atom. The summed E-state index contributed by atoms with van der Waals surface area (Å²) in [5.41, 5.74) is 0.219. The molecular formula is C7H12ClNO4S. The zero-order valence-electron chi connectivity index (χ0n) is 7.91. The summed E-state index contributed by atoms with van der Waals surface area (Å²) in [6, 6.07) is 0. The Morgan fingerprint density at radius 3 is 2.43 bits per heavy atom. The Morgan fingerprint density at radius 2 is 2.07 bits per heavy atom. The second-order valence-corrected chi connectivity index (χ2v) is 4.62. The van der Waals surface area contributed by atoms with E-state index >= 15 is 0 Å². The molecule has 0 aromatic carbocycles. The number of halogens is 1. The van der Waals surface area contributed by atoms with E-state index in [4.69, 9.17) is 15.4 Å². The molecule has 0 spiro atoms. The molecule has 1 N–H and O–H groups in total. The quantitative estimate of drug-likeness (QED) is 0.441. The Balaban J connectivity index is 4.48. The predicted octanol–water partition coefficient (Wildman–Crippen LogP) is 0.917. The van der Waals surface area contributed by atoms with E-state index in [-0.39, 0.29) is 5.57 Å². The fourth-order valence-corrected chi connectivity index (χ4v) is 1.22. The summed E-state index contributed by atoms with van der Waals surface area (Å²) in [4.78, 5) is 11.2. The number of hydrogen-bond donors (Lipinski definition) is 1. The lowest BCUT2D eigenvalue weighted by molar-refractivity contribution is -0.116. The van der Waals surface area contributed by atoms with Gasteiger partial charge in [0.2, 0.25) is 0 Å². The second-order valence-electron chi connectivity index (χ2n) is 2.32. The van der Waals surface area contributed by atoms with Crippen LogP contribution in [0.5, 0.6) is 0 Å². The largest absolute Gasteiger partial charge is 0.501 e. The van der Waals surface area contributed by atoms with E-state index < -0.39 is 15.1 Å². The summed E-state index contributed by atoms with van der Waals surface area (Å²) < 4.78 is 27.5. The van der Waals surface area contributed by atoms with E-state index in [1.807, 2.05) is 0 Å². The molecule has 0 radical (unpaired) electrons. The summed E-state index contributed by atoms with van der Waals surface area (Å²) in [5.74, 6) is -0.768. The highest BCUT2D eigenvalue weighted by atomic mass is 35.7. The lowest BCUT2D eigenvalue weighted by atomic mass is 10.2. The van der Waals surface area contributed by atoms with E-state index in [2.05, 4.69) is 0 Å². The van der Waals surface area contributed by atoms with Crippen molar-refractivity contribution >= 4 is 25.8 Å².